The topological polar surface area (TPSA) is 52.8 Å². The number of halogens is 3. The summed E-state index contributed by atoms with van der Waals surface area (Å²) in [6.07, 6.45) is 2.81. The Morgan fingerprint density at radius 2 is 1.90 bits per heavy atom. The molecule has 0 spiro atoms. The molecule has 0 aliphatic heterocycles. The third-order valence-electron chi connectivity index (χ3n) is 5.26. The van der Waals surface area contributed by atoms with Crippen LogP contribution in [0.3, 0.4) is 0 Å². The van der Waals surface area contributed by atoms with E-state index in [-0.39, 0.29) is 17.4 Å². The molecule has 29 heavy (non-hydrogen) atoms. The molecule has 4 rings (SSSR count). The van der Waals surface area contributed by atoms with Crippen LogP contribution in [0.2, 0.25) is 10.0 Å². The van der Waals surface area contributed by atoms with Crippen molar-refractivity contribution < 1.29 is 4.74 Å². The normalized spacial score (nSPS) is 22.0. The predicted octanol–water partition coefficient (Wildman–Crippen LogP) is 5.64. The minimum Gasteiger partial charge on any atom is -0.373 e. The van der Waals surface area contributed by atoms with Gasteiger partial charge in [-0.05, 0) is 53.5 Å². The summed E-state index contributed by atoms with van der Waals surface area (Å²) in [5.41, 5.74) is 1.87. The van der Waals surface area contributed by atoms with Gasteiger partial charge in [0.05, 0.1) is 24.3 Å². The molecule has 1 aliphatic carbocycles. The largest absolute Gasteiger partial charge is 0.373 e. The van der Waals surface area contributed by atoms with Crippen molar-refractivity contribution in [3.8, 4) is 11.4 Å². The number of hydrogen-bond donors (Lipinski definition) is 0. The average Bonchev–Trinajstić information content (AvgIpc) is 3.18. The fraction of sp³-hybridized carbons (Fsp3) is 0.381. The van der Waals surface area contributed by atoms with E-state index in [1.165, 1.54) is 0 Å². The van der Waals surface area contributed by atoms with Crippen LogP contribution in [0.25, 0.3) is 11.4 Å². The van der Waals surface area contributed by atoms with Gasteiger partial charge in [0.2, 0.25) is 0 Å². The van der Waals surface area contributed by atoms with E-state index in [0.717, 1.165) is 24.8 Å². The molecule has 5 nitrogen and oxygen atoms in total. The van der Waals surface area contributed by atoms with Gasteiger partial charge >= 0.3 is 0 Å². The van der Waals surface area contributed by atoms with Crippen LogP contribution in [0, 0.1) is 5.92 Å². The molecule has 3 aromatic rings. The van der Waals surface area contributed by atoms with Crippen LogP contribution in [-0.4, -0.2) is 31.7 Å². The van der Waals surface area contributed by atoms with E-state index in [2.05, 4.69) is 27.7 Å². The van der Waals surface area contributed by atoms with Crippen LogP contribution >= 0.6 is 34.8 Å². The lowest BCUT2D eigenvalue weighted by molar-refractivity contribution is -0.0262. The lowest BCUT2D eigenvalue weighted by Gasteiger charge is -2.34. The third kappa shape index (κ3) is 5.10. The molecule has 0 N–H and O–H groups in total. The van der Waals surface area contributed by atoms with E-state index in [9.17, 15) is 0 Å². The summed E-state index contributed by atoms with van der Waals surface area (Å²) in [6, 6.07) is 15.5. The Hall–Kier alpha value is -1.66. The van der Waals surface area contributed by atoms with Crippen LogP contribution in [0.1, 0.15) is 24.8 Å². The fourth-order valence-corrected chi connectivity index (χ4v) is 4.51. The Kier molecular flexibility index (Phi) is 6.70. The molecule has 152 valence electrons. The maximum Gasteiger partial charge on any atom is 0.183 e. The number of hydrogen-bond acceptors (Lipinski definition) is 4. The molecule has 1 aliphatic rings. The zero-order valence-corrected chi connectivity index (χ0v) is 18.0. The Morgan fingerprint density at radius 3 is 2.72 bits per heavy atom. The molecule has 0 radical (unpaired) electrons. The lowest BCUT2D eigenvalue weighted by Crippen LogP contribution is -2.35. The van der Waals surface area contributed by atoms with Crippen LogP contribution < -0.4 is 0 Å². The maximum atomic E-state index is 6.48. The minimum atomic E-state index is 0.0945. The van der Waals surface area contributed by atoms with Crippen LogP contribution in [0.5, 0.6) is 0 Å². The lowest BCUT2D eigenvalue weighted by atomic mass is 9.86. The number of rotatable bonds is 6. The molecule has 2 aromatic carbocycles. The van der Waals surface area contributed by atoms with Gasteiger partial charge < -0.3 is 4.74 Å². The van der Waals surface area contributed by atoms with Gasteiger partial charge in [-0.25, -0.2) is 4.68 Å². The Labute approximate surface area is 184 Å². The van der Waals surface area contributed by atoms with E-state index in [4.69, 9.17) is 39.5 Å². The number of tetrazole rings is 1. The second-order valence-corrected chi connectivity index (χ2v) is 8.78. The highest BCUT2D eigenvalue weighted by atomic mass is 35.5. The first-order chi connectivity index (χ1) is 14.1. The maximum absolute atomic E-state index is 6.48. The fourth-order valence-electron chi connectivity index (χ4n) is 3.78. The predicted molar refractivity (Wildman–Crippen MR) is 115 cm³/mol. The second kappa shape index (κ2) is 9.43. The molecular formula is C21H21Cl3N4O. The molecule has 1 heterocycles. The first-order valence-electron chi connectivity index (χ1n) is 9.61. The van der Waals surface area contributed by atoms with Crippen molar-refractivity contribution in [1.82, 2.24) is 20.2 Å². The number of benzene rings is 2. The molecule has 8 heteroatoms. The summed E-state index contributed by atoms with van der Waals surface area (Å²) in [5, 5.41) is 13.5. The van der Waals surface area contributed by atoms with Crippen molar-refractivity contribution in [2.75, 3.05) is 0 Å². The van der Waals surface area contributed by atoms with Crippen molar-refractivity contribution in [3.05, 3.63) is 64.1 Å². The number of alkyl halides is 1. The summed E-state index contributed by atoms with van der Waals surface area (Å²) >= 11 is 19.0. The summed E-state index contributed by atoms with van der Waals surface area (Å²) < 4.78 is 8.05. The monoisotopic (exact) mass is 450 g/mol. The van der Waals surface area contributed by atoms with Crippen molar-refractivity contribution in [2.45, 2.75) is 43.9 Å². The highest BCUT2D eigenvalue weighted by molar-refractivity contribution is 6.35. The van der Waals surface area contributed by atoms with Gasteiger partial charge in [-0.1, -0.05) is 53.5 Å². The Morgan fingerprint density at radius 1 is 1.07 bits per heavy atom. The molecule has 1 aromatic heterocycles. The summed E-state index contributed by atoms with van der Waals surface area (Å²) in [4.78, 5) is 0. The zero-order valence-electron chi connectivity index (χ0n) is 15.7. The first kappa shape index (κ1) is 20.6. The van der Waals surface area contributed by atoms with Gasteiger partial charge in [0, 0.05) is 21.9 Å². The quantitative estimate of drug-likeness (QED) is 0.455. The SMILES string of the molecule is Clc1ccc(Cl)c(-c2nnnn2CC2C[C@H](Cl)CCC2OCc2ccccc2)c1. The third-order valence-corrected chi connectivity index (χ3v) is 6.23. The summed E-state index contributed by atoms with van der Waals surface area (Å²) in [7, 11) is 0. The van der Waals surface area contributed by atoms with E-state index < -0.39 is 0 Å². The minimum absolute atomic E-state index is 0.0945. The molecule has 3 atom stereocenters. The first-order valence-corrected chi connectivity index (χ1v) is 10.8. The van der Waals surface area contributed by atoms with Gasteiger partial charge in [0.1, 0.15) is 0 Å². The van der Waals surface area contributed by atoms with Crippen molar-refractivity contribution in [2.24, 2.45) is 5.92 Å². The molecule has 0 bridgehead atoms. The smallest absolute Gasteiger partial charge is 0.183 e. The molecule has 0 amide bonds. The van der Waals surface area contributed by atoms with Gasteiger partial charge in [-0.2, -0.15) is 0 Å². The number of aromatic nitrogens is 4. The van der Waals surface area contributed by atoms with E-state index in [0.29, 0.717) is 34.6 Å². The van der Waals surface area contributed by atoms with Gasteiger partial charge in [-0.15, -0.1) is 16.7 Å². The number of ether oxygens (including phenoxy) is 1. The molecule has 2 unspecified atom stereocenters. The van der Waals surface area contributed by atoms with E-state index in [1.54, 1.807) is 22.9 Å². The second-order valence-electron chi connectivity index (χ2n) is 7.31. The van der Waals surface area contributed by atoms with Gasteiger partial charge in [0.15, 0.2) is 5.82 Å². The highest BCUT2D eigenvalue weighted by Gasteiger charge is 2.32. The van der Waals surface area contributed by atoms with E-state index >= 15 is 0 Å². The van der Waals surface area contributed by atoms with E-state index in [1.807, 2.05) is 18.2 Å². The molecular weight excluding hydrogens is 431 g/mol. The molecule has 0 saturated heterocycles. The van der Waals surface area contributed by atoms with Crippen LogP contribution in [0.4, 0.5) is 0 Å². The highest BCUT2D eigenvalue weighted by Crippen LogP contribution is 2.34. The van der Waals surface area contributed by atoms with Crippen LogP contribution in [0.15, 0.2) is 48.5 Å². The molecule has 1 fully saturated rings. The van der Waals surface area contributed by atoms with Crippen molar-refractivity contribution >= 4 is 34.8 Å². The van der Waals surface area contributed by atoms with Crippen molar-refractivity contribution in [1.29, 1.82) is 0 Å². The standard InChI is InChI=1S/C21H21Cl3N4O/c22-16-7-9-20(29-13-14-4-2-1-3-5-14)15(10-16)12-28-21(25-26-27-28)18-11-17(23)6-8-19(18)24/h1-6,8,11,15-16,20H,7,9-10,12-13H2/t15?,16-,20?/m1/s1. The molecule has 1 saturated carbocycles. The van der Waals surface area contributed by atoms with Gasteiger partial charge in [-0.3, -0.25) is 0 Å². The summed E-state index contributed by atoms with van der Waals surface area (Å²) in [6.45, 7) is 1.19. The Bertz CT molecular complexity index is 950. The van der Waals surface area contributed by atoms with Crippen molar-refractivity contribution in [3.63, 3.8) is 0 Å². The van der Waals surface area contributed by atoms with Crippen LogP contribution in [-0.2, 0) is 17.9 Å². The number of nitrogens with zero attached hydrogens (tertiary/aromatic N) is 4. The zero-order chi connectivity index (χ0) is 20.2. The summed E-state index contributed by atoms with van der Waals surface area (Å²) in [5.74, 6) is 0.797. The van der Waals surface area contributed by atoms with Gasteiger partial charge in [0.25, 0.3) is 0 Å². The average molecular weight is 452 g/mol. The Balaban J connectivity index is 1.52.